The first-order valence-corrected chi connectivity index (χ1v) is 8.20. The van der Waals surface area contributed by atoms with Gasteiger partial charge in [-0.2, -0.15) is 0 Å². The van der Waals surface area contributed by atoms with Crippen molar-refractivity contribution in [3.63, 3.8) is 0 Å². The Morgan fingerprint density at radius 3 is 3.05 bits per heavy atom. The van der Waals surface area contributed by atoms with Gasteiger partial charge in [0.05, 0.1) is 11.3 Å². The van der Waals surface area contributed by atoms with Crippen molar-refractivity contribution in [2.75, 3.05) is 17.2 Å². The third-order valence-electron chi connectivity index (χ3n) is 3.41. The Bertz CT molecular complexity index is 662. The third-order valence-corrected chi connectivity index (χ3v) is 4.72. The molecule has 6 heteroatoms. The summed E-state index contributed by atoms with van der Waals surface area (Å²) in [5, 5.41) is 7.27. The molecule has 4 nitrogen and oxygen atoms in total. The van der Waals surface area contributed by atoms with Crippen LogP contribution in [-0.4, -0.2) is 17.4 Å². The number of thiazole rings is 1. The number of fused-ring (bicyclic) bond motifs is 1. The van der Waals surface area contributed by atoms with Crippen LogP contribution in [0, 0.1) is 0 Å². The molecule has 110 valence electrons. The summed E-state index contributed by atoms with van der Waals surface area (Å²) in [4.78, 5) is 18.2. The van der Waals surface area contributed by atoms with Crippen LogP contribution in [0.5, 0.6) is 0 Å². The molecule has 1 aliphatic rings. The second kappa shape index (κ2) is 6.03. The fraction of sp³-hybridized carbons (Fsp3) is 0.333. The standard InChI is InChI=1S/C15H16ClN3OS/c1-2-17-11-7-6-9(16)8-10(11)14(20)19-15-18-12-4-3-5-13(12)21-15/h6-8,17H,2-5H2,1H3,(H,18,19,20). The minimum Gasteiger partial charge on any atom is -0.385 e. The average molecular weight is 322 g/mol. The van der Waals surface area contributed by atoms with Crippen LogP contribution >= 0.6 is 22.9 Å². The molecule has 1 heterocycles. The summed E-state index contributed by atoms with van der Waals surface area (Å²) in [7, 11) is 0. The quantitative estimate of drug-likeness (QED) is 0.896. The van der Waals surface area contributed by atoms with E-state index in [9.17, 15) is 4.79 Å². The Hall–Kier alpha value is -1.59. The van der Waals surface area contributed by atoms with Crippen molar-refractivity contribution < 1.29 is 4.79 Å². The predicted molar refractivity (Wildman–Crippen MR) is 87.7 cm³/mol. The highest BCUT2D eigenvalue weighted by Gasteiger charge is 2.19. The summed E-state index contributed by atoms with van der Waals surface area (Å²) >= 11 is 7.58. The van der Waals surface area contributed by atoms with Gasteiger partial charge in [0.15, 0.2) is 5.13 Å². The van der Waals surface area contributed by atoms with Crippen LogP contribution in [0.4, 0.5) is 10.8 Å². The largest absolute Gasteiger partial charge is 0.385 e. The maximum atomic E-state index is 12.4. The van der Waals surface area contributed by atoms with Gasteiger partial charge in [-0.25, -0.2) is 4.98 Å². The smallest absolute Gasteiger partial charge is 0.259 e. The van der Waals surface area contributed by atoms with E-state index < -0.39 is 0 Å². The van der Waals surface area contributed by atoms with E-state index in [0.717, 1.165) is 30.8 Å². The van der Waals surface area contributed by atoms with Crippen LogP contribution in [0.2, 0.25) is 5.02 Å². The molecule has 0 atom stereocenters. The number of carbonyl (C=O) groups is 1. The summed E-state index contributed by atoms with van der Waals surface area (Å²) in [5.41, 5.74) is 2.46. The molecule has 0 radical (unpaired) electrons. The van der Waals surface area contributed by atoms with Crippen LogP contribution in [0.1, 0.15) is 34.3 Å². The highest BCUT2D eigenvalue weighted by atomic mass is 35.5. The molecule has 0 saturated carbocycles. The number of amides is 1. The molecular formula is C15H16ClN3OS. The number of hydrogen-bond acceptors (Lipinski definition) is 4. The van der Waals surface area contributed by atoms with E-state index in [2.05, 4.69) is 15.6 Å². The van der Waals surface area contributed by atoms with E-state index in [0.29, 0.717) is 15.7 Å². The van der Waals surface area contributed by atoms with Gasteiger partial charge in [0.2, 0.25) is 0 Å². The number of benzene rings is 1. The highest BCUT2D eigenvalue weighted by molar-refractivity contribution is 7.16. The summed E-state index contributed by atoms with van der Waals surface area (Å²) in [6.07, 6.45) is 3.26. The van der Waals surface area contributed by atoms with Crippen LogP contribution in [-0.2, 0) is 12.8 Å². The van der Waals surface area contributed by atoms with Gasteiger partial charge in [-0.05, 0) is 44.4 Å². The average Bonchev–Trinajstić information content (AvgIpc) is 3.02. The summed E-state index contributed by atoms with van der Waals surface area (Å²) in [6.45, 7) is 2.73. The molecule has 1 aliphatic carbocycles. The van der Waals surface area contributed by atoms with Gasteiger partial charge in [0.1, 0.15) is 0 Å². The monoisotopic (exact) mass is 321 g/mol. The molecule has 21 heavy (non-hydrogen) atoms. The number of nitrogens with zero attached hydrogens (tertiary/aromatic N) is 1. The molecule has 0 saturated heterocycles. The van der Waals surface area contributed by atoms with Crippen LogP contribution in [0.3, 0.4) is 0 Å². The zero-order chi connectivity index (χ0) is 14.8. The first kappa shape index (κ1) is 14.4. The Kier molecular flexibility index (Phi) is 4.12. The molecule has 2 N–H and O–H groups in total. The van der Waals surface area contributed by atoms with E-state index in [4.69, 9.17) is 11.6 Å². The van der Waals surface area contributed by atoms with Crippen molar-refractivity contribution in [2.45, 2.75) is 26.2 Å². The molecule has 1 aromatic carbocycles. The van der Waals surface area contributed by atoms with Crippen molar-refractivity contribution in [1.29, 1.82) is 0 Å². The number of halogens is 1. The van der Waals surface area contributed by atoms with E-state index >= 15 is 0 Å². The fourth-order valence-corrected chi connectivity index (χ4v) is 3.67. The van der Waals surface area contributed by atoms with Crippen molar-refractivity contribution in [3.05, 3.63) is 39.4 Å². The fourth-order valence-electron chi connectivity index (χ4n) is 2.46. The van der Waals surface area contributed by atoms with Crippen LogP contribution in [0.25, 0.3) is 0 Å². The third kappa shape index (κ3) is 3.04. The maximum absolute atomic E-state index is 12.4. The normalized spacial score (nSPS) is 13.0. The molecule has 0 spiro atoms. The molecule has 0 unspecified atom stereocenters. The minimum absolute atomic E-state index is 0.180. The SMILES string of the molecule is CCNc1ccc(Cl)cc1C(=O)Nc1nc2c(s1)CCC2. The highest BCUT2D eigenvalue weighted by Crippen LogP contribution is 2.31. The lowest BCUT2D eigenvalue weighted by Crippen LogP contribution is -2.14. The number of hydrogen-bond donors (Lipinski definition) is 2. The zero-order valence-electron chi connectivity index (χ0n) is 11.7. The van der Waals surface area contributed by atoms with Gasteiger partial charge in [-0.3, -0.25) is 10.1 Å². The van der Waals surface area contributed by atoms with Gasteiger partial charge in [-0.1, -0.05) is 11.6 Å². The molecule has 0 bridgehead atoms. The summed E-state index contributed by atoms with van der Waals surface area (Å²) in [5.74, 6) is -0.180. The van der Waals surface area contributed by atoms with Crippen molar-refractivity contribution in [1.82, 2.24) is 4.98 Å². The van der Waals surface area contributed by atoms with Crippen molar-refractivity contribution in [3.8, 4) is 0 Å². The molecule has 0 aliphatic heterocycles. The first-order valence-electron chi connectivity index (χ1n) is 7.00. The predicted octanol–water partition coefficient (Wildman–Crippen LogP) is 3.97. The molecular weight excluding hydrogens is 306 g/mol. The van der Waals surface area contributed by atoms with E-state index in [1.165, 1.54) is 11.3 Å². The molecule has 3 rings (SSSR count). The Balaban J connectivity index is 1.82. The molecule has 1 aromatic heterocycles. The second-order valence-electron chi connectivity index (χ2n) is 4.92. The lowest BCUT2D eigenvalue weighted by atomic mass is 10.1. The lowest BCUT2D eigenvalue weighted by Gasteiger charge is -2.10. The molecule has 0 fully saturated rings. The number of rotatable bonds is 4. The summed E-state index contributed by atoms with van der Waals surface area (Å²) in [6, 6.07) is 5.27. The number of anilines is 2. The molecule has 1 amide bonds. The Morgan fingerprint density at radius 1 is 1.43 bits per heavy atom. The van der Waals surface area contributed by atoms with Gasteiger partial charge in [-0.15, -0.1) is 11.3 Å². The van der Waals surface area contributed by atoms with Gasteiger partial charge >= 0.3 is 0 Å². The van der Waals surface area contributed by atoms with Gasteiger partial charge < -0.3 is 5.32 Å². The van der Waals surface area contributed by atoms with E-state index in [-0.39, 0.29) is 5.91 Å². The maximum Gasteiger partial charge on any atom is 0.259 e. The van der Waals surface area contributed by atoms with Crippen molar-refractivity contribution in [2.24, 2.45) is 0 Å². The van der Waals surface area contributed by atoms with Crippen LogP contribution < -0.4 is 10.6 Å². The van der Waals surface area contributed by atoms with E-state index in [1.807, 2.05) is 13.0 Å². The van der Waals surface area contributed by atoms with E-state index in [1.54, 1.807) is 23.5 Å². The number of aryl methyl sites for hydroxylation is 2. The van der Waals surface area contributed by atoms with Gasteiger partial charge in [0.25, 0.3) is 5.91 Å². The lowest BCUT2D eigenvalue weighted by molar-refractivity contribution is 0.102. The first-order chi connectivity index (χ1) is 10.2. The van der Waals surface area contributed by atoms with Crippen molar-refractivity contribution >= 4 is 39.7 Å². The number of carbonyl (C=O) groups excluding carboxylic acids is 1. The zero-order valence-corrected chi connectivity index (χ0v) is 13.3. The topological polar surface area (TPSA) is 54.0 Å². The summed E-state index contributed by atoms with van der Waals surface area (Å²) < 4.78 is 0. The number of nitrogens with one attached hydrogen (secondary N) is 2. The Morgan fingerprint density at radius 2 is 2.29 bits per heavy atom. The number of aromatic nitrogens is 1. The Labute approximate surface area is 132 Å². The second-order valence-corrected chi connectivity index (χ2v) is 6.44. The molecule has 2 aromatic rings. The minimum atomic E-state index is -0.180. The van der Waals surface area contributed by atoms with Crippen LogP contribution in [0.15, 0.2) is 18.2 Å². The van der Waals surface area contributed by atoms with Gasteiger partial charge in [0, 0.05) is 22.1 Å².